The number of benzene rings is 2. The van der Waals surface area contributed by atoms with E-state index in [2.05, 4.69) is 90.1 Å². The Labute approximate surface area is 218 Å². The van der Waals surface area contributed by atoms with Gasteiger partial charge in [-0.3, -0.25) is 4.79 Å². The van der Waals surface area contributed by atoms with Crippen LogP contribution in [0.25, 0.3) is 6.08 Å². The summed E-state index contributed by atoms with van der Waals surface area (Å²) in [6, 6.07) is 18.8. The van der Waals surface area contributed by atoms with E-state index in [1.54, 1.807) is 17.7 Å². The van der Waals surface area contributed by atoms with Gasteiger partial charge in [0.2, 0.25) is 0 Å². The second-order valence-electron chi connectivity index (χ2n) is 11.9. The van der Waals surface area contributed by atoms with Gasteiger partial charge in [0.1, 0.15) is 12.4 Å². The highest BCUT2D eigenvalue weighted by Crippen LogP contribution is 2.44. The van der Waals surface area contributed by atoms with Gasteiger partial charge in [-0.2, -0.15) is 0 Å². The molecule has 0 aromatic heterocycles. The molecule has 0 radical (unpaired) electrons. The molecule has 2 aromatic carbocycles. The molecule has 0 spiro atoms. The lowest BCUT2D eigenvalue weighted by molar-refractivity contribution is -0.110. The summed E-state index contributed by atoms with van der Waals surface area (Å²) in [5, 5.41) is 0. The van der Waals surface area contributed by atoms with Crippen LogP contribution in [-0.2, 0) is 11.4 Å². The minimum Gasteiger partial charge on any atom is -0.489 e. The van der Waals surface area contributed by atoms with Crippen LogP contribution in [0.2, 0.25) is 0 Å². The predicted octanol–water partition coefficient (Wildman–Crippen LogP) is 9.15. The van der Waals surface area contributed by atoms with Crippen molar-refractivity contribution in [2.75, 3.05) is 0 Å². The Morgan fingerprint density at radius 1 is 0.889 bits per heavy atom. The smallest absolute Gasteiger partial charge is 0.178 e. The summed E-state index contributed by atoms with van der Waals surface area (Å²) in [5.74, 6) is 1.61. The highest BCUT2D eigenvalue weighted by atomic mass is 16.5. The third kappa shape index (κ3) is 8.82. The van der Waals surface area contributed by atoms with Crippen molar-refractivity contribution in [3.63, 3.8) is 0 Å². The molecule has 0 bridgehead atoms. The molecule has 2 nitrogen and oxygen atoms in total. The lowest BCUT2D eigenvalue weighted by Gasteiger charge is -2.37. The number of carbonyl (C=O) groups is 1. The molecule has 190 valence electrons. The normalized spacial score (nSPS) is 18.9. The van der Waals surface area contributed by atoms with Gasteiger partial charge in [-0.1, -0.05) is 119 Å². The summed E-state index contributed by atoms with van der Waals surface area (Å²) in [6.45, 7) is 14.7. The number of hydrogen-bond acceptors (Lipinski definition) is 2. The molecule has 0 amide bonds. The molecule has 2 heteroatoms. The Balaban J connectivity index is 0.000000444. The molecule has 0 N–H and O–H groups in total. The lowest BCUT2D eigenvalue weighted by Crippen LogP contribution is -2.25. The summed E-state index contributed by atoms with van der Waals surface area (Å²) in [6.07, 6.45) is 14.9. The number of ketones is 1. The van der Waals surface area contributed by atoms with E-state index >= 15 is 0 Å². The molecule has 1 atom stereocenters. The Bertz CT molecular complexity index is 1100. The van der Waals surface area contributed by atoms with Crippen LogP contribution in [0.4, 0.5) is 0 Å². The van der Waals surface area contributed by atoms with E-state index in [-0.39, 0.29) is 16.6 Å². The minimum atomic E-state index is 0.103. The fourth-order valence-corrected chi connectivity index (χ4v) is 4.28. The van der Waals surface area contributed by atoms with Crippen LogP contribution in [-0.4, -0.2) is 5.78 Å². The fraction of sp³-hybridized carbons (Fsp3) is 0.382. The van der Waals surface area contributed by atoms with Gasteiger partial charge in [0.15, 0.2) is 5.78 Å². The minimum absolute atomic E-state index is 0.103. The molecule has 0 saturated heterocycles. The molecule has 0 saturated carbocycles. The van der Waals surface area contributed by atoms with Gasteiger partial charge >= 0.3 is 0 Å². The van der Waals surface area contributed by atoms with Gasteiger partial charge in [0, 0.05) is 0 Å². The van der Waals surface area contributed by atoms with E-state index in [1.165, 1.54) is 16.7 Å². The Kier molecular flexibility index (Phi) is 9.31. The van der Waals surface area contributed by atoms with Crippen molar-refractivity contribution in [1.82, 2.24) is 0 Å². The van der Waals surface area contributed by atoms with Gasteiger partial charge < -0.3 is 4.74 Å². The first-order valence-electron chi connectivity index (χ1n) is 13.0. The van der Waals surface area contributed by atoms with Gasteiger partial charge in [-0.15, -0.1) is 0 Å². The molecule has 1 unspecified atom stereocenters. The van der Waals surface area contributed by atoms with Crippen molar-refractivity contribution < 1.29 is 9.53 Å². The van der Waals surface area contributed by atoms with Crippen LogP contribution in [0.1, 0.15) is 71.9 Å². The van der Waals surface area contributed by atoms with E-state index in [0.717, 1.165) is 25.0 Å². The molecule has 0 aliphatic heterocycles. The number of hydrogen-bond donors (Lipinski definition) is 0. The van der Waals surface area contributed by atoms with E-state index in [4.69, 9.17) is 4.74 Å². The predicted molar refractivity (Wildman–Crippen MR) is 153 cm³/mol. The Morgan fingerprint density at radius 2 is 1.53 bits per heavy atom. The maximum absolute atomic E-state index is 10.3. The van der Waals surface area contributed by atoms with E-state index in [9.17, 15) is 4.79 Å². The largest absolute Gasteiger partial charge is 0.489 e. The summed E-state index contributed by atoms with van der Waals surface area (Å²) < 4.78 is 5.93. The van der Waals surface area contributed by atoms with Crippen molar-refractivity contribution >= 4 is 11.9 Å². The third-order valence-electron chi connectivity index (χ3n) is 6.71. The molecule has 2 aromatic rings. The number of ether oxygens (including phenoxy) is 1. The van der Waals surface area contributed by atoms with Gasteiger partial charge in [0.25, 0.3) is 0 Å². The van der Waals surface area contributed by atoms with Crippen LogP contribution in [0.15, 0.2) is 96.1 Å². The average molecular weight is 483 g/mol. The second kappa shape index (κ2) is 12.2. The SMILES string of the molecule is CC(C)(C)C1=CC(C(C)(C)C)CC(=Cc2ccc(OCc3ccccc3)cc2)C1.O=C1C=CCC=C1. The van der Waals surface area contributed by atoms with E-state index < -0.39 is 0 Å². The van der Waals surface area contributed by atoms with Crippen molar-refractivity contribution in [3.05, 3.63) is 107 Å². The van der Waals surface area contributed by atoms with Crippen molar-refractivity contribution in [3.8, 4) is 5.75 Å². The Hall–Kier alpha value is -3.13. The maximum atomic E-state index is 10.3. The quantitative estimate of drug-likeness (QED) is 0.406. The number of allylic oxidation sites excluding steroid dienone is 7. The Morgan fingerprint density at radius 3 is 2.06 bits per heavy atom. The van der Waals surface area contributed by atoms with Crippen molar-refractivity contribution in [2.45, 2.75) is 67.4 Å². The van der Waals surface area contributed by atoms with E-state index in [1.807, 2.05) is 30.4 Å². The highest BCUT2D eigenvalue weighted by molar-refractivity contribution is 5.99. The first-order chi connectivity index (χ1) is 17.0. The average Bonchev–Trinajstić information content (AvgIpc) is 2.84. The topological polar surface area (TPSA) is 26.3 Å². The molecule has 0 fully saturated rings. The number of carbonyl (C=O) groups excluding carboxylic acids is 1. The van der Waals surface area contributed by atoms with Gasteiger partial charge in [0.05, 0.1) is 0 Å². The zero-order valence-corrected chi connectivity index (χ0v) is 22.9. The molecule has 2 aliphatic carbocycles. The number of rotatable bonds is 4. The highest BCUT2D eigenvalue weighted by Gasteiger charge is 2.30. The summed E-state index contributed by atoms with van der Waals surface area (Å²) in [5.41, 5.74) is 6.06. The first-order valence-corrected chi connectivity index (χ1v) is 13.0. The van der Waals surface area contributed by atoms with Crippen LogP contribution < -0.4 is 4.74 Å². The zero-order valence-electron chi connectivity index (χ0n) is 22.9. The van der Waals surface area contributed by atoms with Gasteiger partial charge in [-0.25, -0.2) is 0 Å². The summed E-state index contributed by atoms with van der Waals surface area (Å²) >= 11 is 0. The van der Waals surface area contributed by atoms with Crippen LogP contribution in [0, 0.1) is 16.7 Å². The van der Waals surface area contributed by atoms with Crippen LogP contribution >= 0.6 is 0 Å². The van der Waals surface area contributed by atoms with Crippen LogP contribution in [0.5, 0.6) is 5.75 Å². The molecule has 2 aliphatic rings. The summed E-state index contributed by atoms with van der Waals surface area (Å²) in [4.78, 5) is 10.3. The molecular weight excluding hydrogens is 440 g/mol. The fourth-order valence-electron chi connectivity index (χ4n) is 4.28. The monoisotopic (exact) mass is 482 g/mol. The molecule has 0 heterocycles. The second-order valence-corrected chi connectivity index (χ2v) is 11.9. The van der Waals surface area contributed by atoms with Gasteiger partial charge in [-0.05, 0) is 71.4 Å². The lowest BCUT2D eigenvalue weighted by atomic mass is 9.68. The standard InChI is InChI=1S/C28H36O.C6H6O/c1-27(2,3)24-17-23(18-25(19-24)28(4,5)6)16-21-12-14-26(15-13-21)29-20-22-10-8-7-9-11-22;7-6-4-2-1-3-5-6/h7-16,19,24H,17-18,20H2,1-6H3;2-5H,1H2. The molecule has 36 heavy (non-hydrogen) atoms. The maximum Gasteiger partial charge on any atom is 0.178 e. The third-order valence-corrected chi connectivity index (χ3v) is 6.71. The van der Waals surface area contributed by atoms with Crippen LogP contribution in [0.3, 0.4) is 0 Å². The first kappa shape index (κ1) is 27.5. The molecular formula is C34H42O2. The molecule has 4 rings (SSSR count). The van der Waals surface area contributed by atoms with Crippen molar-refractivity contribution in [1.29, 1.82) is 0 Å². The van der Waals surface area contributed by atoms with Crippen molar-refractivity contribution in [2.24, 2.45) is 16.7 Å². The summed E-state index contributed by atoms with van der Waals surface area (Å²) in [7, 11) is 0. The van der Waals surface area contributed by atoms with E-state index in [0.29, 0.717) is 12.5 Å². The zero-order chi connectivity index (χ0) is 26.2.